The second-order valence-electron chi connectivity index (χ2n) is 6.55. The fraction of sp³-hybridized carbons (Fsp3) is 0.438. The zero-order valence-electron chi connectivity index (χ0n) is 14.1. The number of rotatable bonds is 4. The number of aryl methyl sites for hydroxylation is 1. The Balaban J connectivity index is 1.82. The molecule has 1 aliphatic rings. The first-order valence-corrected chi connectivity index (χ1v) is 9.55. The van der Waals surface area contributed by atoms with Crippen LogP contribution in [0.2, 0.25) is 0 Å². The maximum Gasteiger partial charge on any atom is 0.417 e. The standard InChI is InChI=1S/C16H19F3N4O2S/c1-22-9-12(8-21-22)6-11-4-5-23(10-11)13-2-3-15(26(20,24)25)14(7-13)16(17,18)19/h2-3,7-9,11H,4-6,10H2,1H3,(H2,20,24,25). The third-order valence-electron chi connectivity index (χ3n) is 4.51. The van der Waals surface area contributed by atoms with Crippen LogP contribution in [0, 0.1) is 5.92 Å². The first kappa shape index (κ1) is 18.7. The molecule has 1 atom stereocenters. The van der Waals surface area contributed by atoms with Crippen molar-refractivity contribution in [2.24, 2.45) is 18.1 Å². The molecule has 0 bridgehead atoms. The number of hydrogen-bond acceptors (Lipinski definition) is 4. The predicted molar refractivity (Wildman–Crippen MR) is 90.0 cm³/mol. The molecule has 3 rings (SSSR count). The first-order valence-electron chi connectivity index (χ1n) is 8.00. The van der Waals surface area contributed by atoms with Crippen LogP contribution in [0.15, 0.2) is 35.5 Å². The van der Waals surface area contributed by atoms with Crippen LogP contribution in [-0.2, 0) is 29.7 Å². The van der Waals surface area contributed by atoms with E-state index in [4.69, 9.17) is 5.14 Å². The molecule has 1 fully saturated rings. The van der Waals surface area contributed by atoms with Crippen LogP contribution >= 0.6 is 0 Å². The molecule has 0 spiro atoms. The summed E-state index contributed by atoms with van der Waals surface area (Å²) in [5.41, 5.74) is 0.200. The molecule has 10 heteroatoms. The lowest BCUT2D eigenvalue weighted by molar-refractivity contribution is -0.139. The van der Waals surface area contributed by atoms with E-state index < -0.39 is 26.7 Å². The third kappa shape index (κ3) is 4.01. The number of primary sulfonamides is 1. The van der Waals surface area contributed by atoms with Crippen molar-refractivity contribution in [1.82, 2.24) is 9.78 Å². The van der Waals surface area contributed by atoms with E-state index in [0.29, 0.717) is 24.7 Å². The van der Waals surface area contributed by atoms with Gasteiger partial charge in [-0.05, 0) is 42.5 Å². The second-order valence-corrected chi connectivity index (χ2v) is 8.08. The molecule has 26 heavy (non-hydrogen) atoms. The molecule has 1 unspecified atom stereocenters. The van der Waals surface area contributed by atoms with Gasteiger partial charge in [0, 0.05) is 32.0 Å². The van der Waals surface area contributed by atoms with Gasteiger partial charge in [0.15, 0.2) is 0 Å². The van der Waals surface area contributed by atoms with Crippen molar-refractivity contribution in [3.8, 4) is 0 Å². The number of halogens is 3. The van der Waals surface area contributed by atoms with Gasteiger partial charge in [0.2, 0.25) is 10.0 Å². The highest BCUT2D eigenvalue weighted by Gasteiger charge is 2.37. The van der Waals surface area contributed by atoms with Gasteiger partial charge in [0.1, 0.15) is 0 Å². The summed E-state index contributed by atoms with van der Waals surface area (Å²) in [7, 11) is -2.62. The summed E-state index contributed by atoms with van der Waals surface area (Å²) in [5, 5.41) is 9.04. The highest BCUT2D eigenvalue weighted by atomic mass is 32.2. The summed E-state index contributed by atoms with van der Waals surface area (Å²) in [5.74, 6) is 0.298. The molecule has 2 N–H and O–H groups in total. The van der Waals surface area contributed by atoms with E-state index in [1.165, 1.54) is 6.07 Å². The number of benzene rings is 1. The minimum absolute atomic E-state index is 0.298. The van der Waals surface area contributed by atoms with Gasteiger partial charge in [0.25, 0.3) is 0 Å². The summed E-state index contributed by atoms with van der Waals surface area (Å²) in [6.45, 7) is 1.21. The van der Waals surface area contributed by atoms with Crippen LogP contribution < -0.4 is 10.0 Å². The summed E-state index contributed by atoms with van der Waals surface area (Å²) < 4.78 is 64.4. The average Bonchev–Trinajstić information content (AvgIpc) is 3.14. The van der Waals surface area contributed by atoms with E-state index in [2.05, 4.69) is 5.10 Å². The molecule has 1 aliphatic heterocycles. The smallest absolute Gasteiger partial charge is 0.371 e. The van der Waals surface area contributed by atoms with Crippen molar-refractivity contribution >= 4 is 15.7 Å². The molecule has 2 aromatic rings. The van der Waals surface area contributed by atoms with Gasteiger partial charge in [0.05, 0.1) is 16.7 Å². The highest BCUT2D eigenvalue weighted by molar-refractivity contribution is 7.89. The van der Waals surface area contributed by atoms with Gasteiger partial charge in [-0.3, -0.25) is 4.68 Å². The van der Waals surface area contributed by atoms with Gasteiger partial charge in [-0.2, -0.15) is 18.3 Å². The zero-order chi connectivity index (χ0) is 19.1. The van der Waals surface area contributed by atoms with Crippen LogP contribution in [-0.4, -0.2) is 31.3 Å². The Morgan fingerprint density at radius 2 is 2.08 bits per heavy atom. The molecule has 1 aromatic heterocycles. The molecule has 0 amide bonds. The molecule has 0 radical (unpaired) electrons. The van der Waals surface area contributed by atoms with E-state index in [-0.39, 0.29) is 0 Å². The van der Waals surface area contributed by atoms with E-state index in [1.54, 1.807) is 10.9 Å². The number of nitrogens with two attached hydrogens (primary N) is 1. The number of anilines is 1. The van der Waals surface area contributed by atoms with Crippen molar-refractivity contribution in [2.75, 3.05) is 18.0 Å². The predicted octanol–water partition coefficient (Wildman–Crippen LogP) is 2.16. The average molecular weight is 388 g/mol. The lowest BCUT2D eigenvalue weighted by atomic mass is 10.0. The Hall–Kier alpha value is -2.07. The molecule has 6 nitrogen and oxygen atoms in total. The van der Waals surface area contributed by atoms with E-state index in [9.17, 15) is 21.6 Å². The van der Waals surface area contributed by atoms with Crippen LogP contribution in [0.5, 0.6) is 0 Å². The normalized spacial score (nSPS) is 18.5. The molecule has 0 aliphatic carbocycles. The van der Waals surface area contributed by atoms with Crippen LogP contribution in [0.25, 0.3) is 0 Å². The largest absolute Gasteiger partial charge is 0.417 e. The number of nitrogens with zero attached hydrogens (tertiary/aromatic N) is 3. The zero-order valence-corrected chi connectivity index (χ0v) is 14.9. The Morgan fingerprint density at radius 3 is 2.65 bits per heavy atom. The van der Waals surface area contributed by atoms with Gasteiger partial charge < -0.3 is 4.90 Å². The number of hydrogen-bond donors (Lipinski definition) is 1. The fourth-order valence-electron chi connectivity index (χ4n) is 3.33. The van der Waals surface area contributed by atoms with Crippen molar-refractivity contribution in [3.05, 3.63) is 41.7 Å². The lowest BCUT2D eigenvalue weighted by Crippen LogP contribution is -2.23. The molecule has 1 aromatic carbocycles. The number of aromatic nitrogens is 2. The van der Waals surface area contributed by atoms with Gasteiger partial charge in [-0.25, -0.2) is 13.6 Å². The van der Waals surface area contributed by atoms with Gasteiger partial charge in [-0.15, -0.1) is 0 Å². The number of alkyl halides is 3. The van der Waals surface area contributed by atoms with Crippen molar-refractivity contribution in [1.29, 1.82) is 0 Å². The molecule has 142 valence electrons. The quantitative estimate of drug-likeness (QED) is 0.870. The third-order valence-corrected chi connectivity index (χ3v) is 5.48. The Bertz CT molecular complexity index is 908. The molecular weight excluding hydrogens is 369 g/mol. The Labute approximate surface area is 149 Å². The van der Waals surface area contributed by atoms with E-state index >= 15 is 0 Å². The first-order chi connectivity index (χ1) is 12.0. The van der Waals surface area contributed by atoms with E-state index in [1.807, 2.05) is 18.1 Å². The summed E-state index contributed by atoms with van der Waals surface area (Å²) in [6.07, 6.45) is 0.544. The molecule has 0 saturated carbocycles. The monoisotopic (exact) mass is 388 g/mol. The Morgan fingerprint density at radius 1 is 1.35 bits per heavy atom. The van der Waals surface area contributed by atoms with Crippen molar-refractivity contribution in [3.63, 3.8) is 0 Å². The minimum atomic E-state index is -4.80. The van der Waals surface area contributed by atoms with Crippen LogP contribution in [0.4, 0.5) is 18.9 Å². The second kappa shape index (κ2) is 6.58. The molecule has 1 saturated heterocycles. The topological polar surface area (TPSA) is 81.2 Å². The Kier molecular flexibility index (Phi) is 4.74. The maximum absolute atomic E-state index is 13.3. The summed E-state index contributed by atoms with van der Waals surface area (Å²) >= 11 is 0. The van der Waals surface area contributed by atoms with Crippen LogP contribution in [0.1, 0.15) is 17.5 Å². The summed E-state index contributed by atoms with van der Waals surface area (Å²) in [4.78, 5) is 0.934. The maximum atomic E-state index is 13.3. The molecule has 2 heterocycles. The lowest BCUT2D eigenvalue weighted by Gasteiger charge is -2.21. The summed E-state index contributed by atoms with van der Waals surface area (Å²) in [6, 6.07) is 3.18. The molecular formula is C16H19F3N4O2S. The van der Waals surface area contributed by atoms with Crippen molar-refractivity contribution in [2.45, 2.75) is 23.9 Å². The number of sulfonamides is 1. The van der Waals surface area contributed by atoms with E-state index in [0.717, 1.165) is 30.5 Å². The van der Waals surface area contributed by atoms with Crippen molar-refractivity contribution < 1.29 is 21.6 Å². The van der Waals surface area contributed by atoms with Gasteiger partial charge in [-0.1, -0.05) is 0 Å². The van der Waals surface area contributed by atoms with Gasteiger partial charge >= 0.3 is 6.18 Å². The highest BCUT2D eigenvalue weighted by Crippen LogP contribution is 2.37. The fourth-order valence-corrected chi connectivity index (χ4v) is 4.07. The SMILES string of the molecule is Cn1cc(CC2CCN(c3ccc(S(N)(=O)=O)c(C(F)(F)F)c3)C2)cn1. The van der Waals surface area contributed by atoms with Crippen LogP contribution in [0.3, 0.4) is 0 Å². The minimum Gasteiger partial charge on any atom is -0.371 e.